The van der Waals surface area contributed by atoms with Crippen molar-refractivity contribution in [3.05, 3.63) is 29.3 Å². The molecule has 4 heteroatoms. The summed E-state index contributed by atoms with van der Waals surface area (Å²) in [5.74, 6) is -0.226. The maximum Gasteiger partial charge on any atom is 0.331 e. The van der Waals surface area contributed by atoms with Crippen molar-refractivity contribution in [3.8, 4) is 0 Å². The van der Waals surface area contributed by atoms with Gasteiger partial charge in [-0.25, -0.2) is 4.79 Å². The van der Waals surface area contributed by atoms with Crippen molar-refractivity contribution in [3.63, 3.8) is 0 Å². The molecule has 0 radical (unpaired) electrons. The summed E-state index contributed by atoms with van der Waals surface area (Å²) >= 11 is 6.16. The van der Waals surface area contributed by atoms with Gasteiger partial charge in [0, 0.05) is 0 Å². The van der Waals surface area contributed by atoms with E-state index in [9.17, 15) is 4.79 Å². The van der Waals surface area contributed by atoms with Gasteiger partial charge in [0.25, 0.3) is 0 Å². The highest BCUT2D eigenvalue weighted by Gasteiger charge is 2.34. The molecule has 0 bridgehead atoms. The third-order valence-electron chi connectivity index (χ3n) is 3.29. The lowest BCUT2D eigenvalue weighted by molar-refractivity contribution is -0.148. The van der Waals surface area contributed by atoms with E-state index in [2.05, 4.69) is 12.2 Å². The number of hydrogen-bond acceptors (Lipinski definition) is 3. The van der Waals surface area contributed by atoms with E-state index >= 15 is 0 Å². The van der Waals surface area contributed by atoms with Crippen LogP contribution in [0.1, 0.15) is 46.5 Å². The van der Waals surface area contributed by atoms with Crippen LogP contribution in [0.3, 0.4) is 0 Å². The largest absolute Gasteiger partial charge is 0.464 e. The average molecular weight is 298 g/mol. The molecule has 0 aliphatic heterocycles. The first-order chi connectivity index (χ1) is 9.53. The second-order valence-corrected chi connectivity index (χ2v) is 5.52. The molecular formula is C16H24ClNO2. The van der Waals surface area contributed by atoms with Gasteiger partial charge < -0.3 is 10.1 Å². The van der Waals surface area contributed by atoms with Gasteiger partial charge in [0.05, 0.1) is 17.3 Å². The molecule has 0 spiro atoms. The number of anilines is 1. The number of carbonyl (C=O) groups is 1. The summed E-state index contributed by atoms with van der Waals surface area (Å²) in [7, 11) is 0. The first-order valence-corrected chi connectivity index (χ1v) is 7.61. The van der Waals surface area contributed by atoms with Gasteiger partial charge in [-0.15, -0.1) is 0 Å². The van der Waals surface area contributed by atoms with Crippen LogP contribution in [0.2, 0.25) is 5.02 Å². The first kappa shape index (κ1) is 16.8. The summed E-state index contributed by atoms with van der Waals surface area (Å²) in [6, 6.07) is 7.44. The highest BCUT2D eigenvalue weighted by Crippen LogP contribution is 2.28. The molecule has 0 heterocycles. The Morgan fingerprint density at radius 1 is 1.30 bits per heavy atom. The Hall–Kier alpha value is -1.22. The molecule has 112 valence electrons. The number of rotatable bonds is 8. The van der Waals surface area contributed by atoms with E-state index in [4.69, 9.17) is 16.3 Å². The van der Waals surface area contributed by atoms with Crippen LogP contribution in [0.4, 0.5) is 5.69 Å². The van der Waals surface area contributed by atoms with Gasteiger partial charge in [0.15, 0.2) is 0 Å². The lowest BCUT2D eigenvalue weighted by Crippen LogP contribution is -2.44. The van der Waals surface area contributed by atoms with Crippen molar-refractivity contribution < 1.29 is 9.53 Å². The van der Waals surface area contributed by atoms with Crippen molar-refractivity contribution in [1.29, 1.82) is 0 Å². The molecule has 1 atom stereocenters. The summed E-state index contributed by atoms with van der Waals surface area (Å²) < 4.78 is 5.21. The number of halogens is 1. The Bertz CT molecular complexity index is 436. The van der Waals surface area contributed by atoms with Crippen LogP contribution in [0.5, 0.6) is 0 Å². The molecule has 1 aromatic carbocycles. The predicted molar refractivity (Wildman–Crippen MR) is 84.3 cm³/mol. The van der Waals surface area contributed by atoms with Gasteiger partial charge in [0.2, 0.25) is 0 Å². The van der Waals surface area contributed by atoms with Gasteiger partial charge in [-0.05, 0) is 32.4 Å². The summed E-state index contributed by atoms with van der Waals surface area (Å²) in [6.45, 7) is 6.22. The molecule has 1 rings (SSSR count). The number of para-hydroxylation sites is 1. The zero-order chi connectivity index (χ0) is 15.0. The maximum absolute atomic E-state index is 12.2. The molecule has 0 fully saturated rings. The fourth-order valence-corrected chi connectivity index (χ4v) is 2.28. The number of benzene rings is 1. The third kappa shape index (κ3) is 4.71. The number of unbranched alkanes of at least 4 members (excludes halogenated alkanes) is 2. The number of ether oxygens (including phenoxy) is 1. The van der Waals surface area contributed by atoms with Crippen molar-refractivity contribution >= 4 is 23.3 Å². The highest BCUT2D eigenvalue weighted by atomic mass is 35.5. The molecule has 0 aromatic heterocycles. The van der Waals surface area contributed by atoms with Crippen molar-refractivity contribution in [2.75, 3.05) is 11.9 Å². The van der Waals surface area contributed by atoms with E-state index in [1.54, 1.807) is 0 Å². The summed E-state index contributed by atoms with van der Waals surface area (Å²) in [5.41, 5.74) is 0.0251. The predicted octanol–water partition coefficient (Wildman–Crippen LogP) is 4.65. The van der Waals surface area contributed by atoms with Crippen molar-refractivity contribution in [2.45, 2.75) is 52.0 Å². The molecule has 1 aromatic rings. The van der Waals surface area contributed by atoms with Crippen molar-refractivity contribution in [1.82, 2.24) is 0 Å². The molecule has 0 aliphatic rings. The molecule has 0 saturated carbocycles. The highest BCUT2D eigenvalue weighted by molar-refractivity contribution is 6.33. The fourth-order valence-electron chi connectivity index (χ4n) is 2.09. The maximum atomic E-state index is 12.2. The molecule has 1 unspecified atom stereocenters. The van der Waals surface area contributed by atoms with Gasteiger partial charge >= 0.3 is 5.97 Å². The van der Waals surface area contributed by atoms with Crippen LogP contribution in [-0.2, 0) is 9.53 Å². The third-order valence-corrected chi connectivity index (χ3v) is 3.62. The summed E-state index contributed by atoms with van der Waals surface area (Å²) in [5, 5.41) is 3.87. The van der Waals surface area contributed by atoms with E-state index in [1.807, 2.05) is 38.1 Å². The lowest BCUT2D eigenvalue weighted by atomic mass is 9.94. The molecular weight excluding hydrogens is 274 g/mol. The van der Waals surface area contributed by atoms with E-state index in [0.29, 0.717) is 11.6 Å². The van der Waals surface area contributed by atoms with Crippen LogP contribution < -0.4 is 5.32 Å². The van der Waals surface area contributed by atoms with Crippen LogP contribution in [0, 0.1) is 0 Å². The van der Waals surface area contributed by atoms with Crippen LogP contribution >= 0.6 is 11.6 Å². The fraction of sp³-hybridized carbons (Fsp3) is 0.562. The summed E-state index contributed by atoms with van der Waals surface area (Å²) in [6.07, 6.45) is 3.92. The number of hydrogen-bond donors (Lipinski definition) is 1. The van der Waals surface area contributed by atoms with E-state index < -0.39 is 5.54 Å². The molecule has 0 aliphatic carbocycles. The van der Waals surface area contributed by atoms with Crippen LogP contribution in [0.25, 0.3) is 0 Å². The molecule has 3 nitrogen and oxygen atoms in total. The van der Waals surface area contributed by atoms with Crippen LogP contribution in [-0.4, -0.2) is 18.1 Å². The second-order valence-electron chi connectivity index (χ2n) is 5.11. The molecule has 1 N–H and O–H groups in total. The number of carbonyl (C=O) groups excluding carboxylic acids is 1. The topological polar surface area (TPSA) is 38.3 Å². The first-order valence-electron chi connectivity index (χ1n) is 7.23. The van der Waals surface area contributed by atoms with Crippen LogP contribution in [0.15, 0.2) is 24.3 Å². The Morgan fingerprint density at radius 2 is 2.00 bits per heavy atom. The number of esters is 1. The standard InChI is InChI=1S/C16H24ClNO2/c1-4-6-9-12-16(3,15(19)20-5-2)18-14-11-8-7-10-13(14)17/h7-8,10-11,18H,4-6,9,12H2,1-3H3. The van der Waals surface area contributed by atoms with Gasteiger partial charge in [-0.3, -0.25) is 0 Å². The quantitative estimate of drug-likeness (QED) is 0.560. The van der Waals surface area contributed by atoms with E-state index in [-0.39, 0.29) is 5.97 Å². The minimum Gasteiger partial charge on any atom is -0.464 e. The molecule has 0 saturated heterocycles. The van der Waals surface area contributed by atoms with Crippen molar-refractivity contribution in [2.24, 2.45) is 0 Å². The number of nitrogens with one attached hydrogen (secondary N) is 1. The average Bonchev–Trinajstić information content (AvgIpc) is 2.42. The smallest absolute Gasteiger partial charge is 0.331 e. The van der Waals surface area contributed by atoms with Gasteiger partial charge in [-0.2, -0.15) is 0 Å². The normalized spacial score (nSPS) is 13.6. The van der Waals surface area contributed by atoms with E-state index in [1.165, 1.54) is 0 Å². The monoisotopic (exact) mass is 297 g/mol. The van der Waals surface area contributed by atoms with E-state index in [0.717, 1.165) is 31.4 Å². The van der Waals surface area contributed by atoms with Gasteiger partial charge in [0.1, 0.15) is 5.54 Å². The second kappa shape index (κ2) is 8.15. The Labute approximate surface area is 126 Å². The zero-order valence-corrected chi connectivity index (χ0v) is 13.3. The SMILES string of the molecule is CCCCCC(C)(Nc1ccccc1Cl)C(=O)OCC. The zero-order valence-electron chi connectivity index (χ0n) is 12.5. The summed E-state index contributed by atoms with van der Waals surface area (Å²) in [4.78, 5) is 12.2. The molecule has 0 amide bonds. The lowest BCUT2D eigenvalue weighted by Gasteiger charge is -2.30. The van der Waals surface area contributed by atoms with Gasteiger partial charge in [-0.1, -0.05) is 49.9 Å². The molecule has 20 heavy (non-hydrogen) atoms. The minimum absolute atomic E-state index is 0.226. The Balaban J connectivity index is 2.86. The Morgan fingerprint density at radius 3 is 2.60 bits per heavy atom. The minimum atomic E-state index is -0.740. The Kier molecular flexibility index (Phi) is 6.86.